The van der Waals surface area contributed by atoms with Gasteiger partial charge in [0.25, 0.3) is 0 Å². The van der Waals surface area contributed by atoms with Gasteiger partial charge in [-0.25, -0.2) is 15.0 Å². The van der Waals surface area contributed by atoms with E-state index in [9.17, 15) is 31.1 Å². The molecule has 2 saturated carbocycles. The molecule has 0 atom stereocenters. The van der Waals surface area contributed by atoms with E-state index in [1.807, 2.05) is 26.8 Å². The van der Waals surface area contributed by atoms with E-state index in [4.69, 9.17) is 10.4 Å². The maximum Gasteiger partial charge on any atom is 0.416 e. The molecule has 0 radical (unpaired) electrons. The molecule has 1 saturated heterocycles. The van der Waals surface area contributed by atoms with Crippen LogP contribution >= 0.6 is 0 Å². The molecular formula is C37H44F6N8O. The first-order chi connectivity index (χ1) is 24.3. The zero-order valence-corrected chi connectivity index (χ0v) is 29.8. The van der Waals surface area contributed by atoms with Crippen LogP contribution in [0.2, 0.25) is 0 Å². The van der Waals surface area contributed by atoms with Crippen LogP contribution in [0, 0.1) is 17.2 Å². The van der Waals surface area contributed by atoms with Crippen LogP contribution in [0.3, 0.4) is 0 Å². The van der Waals surface area contributed by atoms with Crippen molar-refractivity contribution >= 4 is 34.9 Å². The molecule has 280 valence electrons. The highest BCUT2D eigenvalue weighted by molar-refractivity contribution is 6.01. The predicted octanol–water partition coefficient (Wildman–Crippen LogP) is 8.47. The molecule has 3 aromatic rings. The topological polar surface area (TPSA) is 101 Å². The highest BCUT2D eigenvalue weighted by atomic mass is 19.4. The second kappa shape index (κ2) is 14.2. The van der Waals surface area contributed by atoms with Gasteiger partial charge in [0.1, 0.15) is 11.6 Å². The number of carbonyl (C=O) groups is 1. The van der Waals surface area contributed by atoms with Gasteiger partial charge in [0.05, 0.1) is 29.2 Å². The molecule has 2 aliphatic carbocycles. The Morgan fingerprint density at radius 3 is 1.92 bits per heavy atom. The third kappa shape index (κ3) is 9.32. The Hall–Kier alpha value is -4.43. The SMILES string of the molecule is CC(=N)c1cc(CN(Cc2cc(C(F)(F)F)cc(C(F)(F)F)c2)c2ncc(N3CCCC3=O)cn2)c(N(CC2CC2)CC2CC2)nc1NC(C)(C)C. The van der Waals surface area contributed by atoms with Gasteiger partial charge in [0, 0.05) is 61.5 Å². The molecule has 0 unspecified atom stereocenters. The zero-order chi connectivity index (χ0) is 37.6. The number of hydrogen-bond acceptors (Lipinski definition) is 8. The molecule has 3 aliphatic rings. The molecule has 15 heteroatoms. The summed E-state index contributed by atoms with van der Waals surface area (Å²) in [5, 5.41) is 12.1. The molecule has 1 aliphatic heterocycles. The second-order valence-corrected chi connectivity index (χ2v) is 15.3. The summed E-state index contributed by atoms with van der Waals surface area (Å²) in [6.07, 6.45) is -1.74. The lowest BCUT2D eigenvalue weighted by molar-refractivity contribution is -0.143. The van der Waals surface area contributed by atoms with Crippen molar-refractivity contribution in [2.45, 2.75) is 97.2 Å². The minimum absolute atomic E-state index is 0.0379. The van der Waals surface area contributed by atoms with Crippen LogP contribution < -0.4 is 20.0 Å². The van der Waals surface area contributed by atoms with Crippen LogP contribution in [0.25, 0.3) is 0 Å². The predicted molar refractivity (Wildman–Crippen MR) is 188 cm³/mol. The lowest BCUT2D eigenvalue weighted by Crippen LogP contribution is -2.34. The molecule has 1 aromatic carbocycles. The Kier molecular flexibility index (Phi) is 10.2. The summed E-state index contributed by atoms with van der Waals surface area (Å²) in [7, 11) is 0. The quantitative estimate of drug-likeness (QED) is 0.134. The van der Waals surface area contributed by atoms with Gasteiger partial charge >= 0.3 is 12.4 Å². The van der Waals surface area contributed by atoms with Gasteiger partial charge in [-0.3, -0.25) is 4.79 Å². The molecule has 0 spiro atoms. The first kappa shape index (κ1) is 37.3. The Morgan fingerprint density at radius 2 is 1.46 bits per heavy atom. The molecule has 9 nitrogen and oxygen atoms in total. The van der Waals surface area contributed by atoms with Gasteiger partial charge in [-0.15, -0.1) is 0 Å². The first-order valence-electron chi connectivity index (χ1n) is 17.6. The number of aromatic nitrogens is 3. The Bertz CT molecular complexity index is 1750. The van der Waals surface area contributed by atoms with Crippen molar-refractivity contribution in [3.05, 3.63) is 64.5 Å². The number of anilines is 4. The van der Waals surface area contributed by atoms with E-state index in [1.54, 1.807) is 11.8 Å². The molecule has 0 bridgehead atoms. The van der Waals surface area contributed by atoms with Crippen LogP contribution in [-0.2, 0) is 30.2 Å². The summed E-state index contributed by atoms with van der Waals surface area (Å²) in [5.41, 5.74) is -1.62. The number of pyridine rings is 1. The number of halogens is 6. The van der Waals surface area contributed by atoms with Crippen molar-refractivity contribution < 1.29 is 31.1 Å². The van der Waals surface area contributed by atoms with Gasteiger partial charge < -0.3 is 25.4 Å². The number of benzene rings is 1. The van der Waals surface area contributed by atoms with Gasteiger partial charge in [-0.2, -0.15) is 26.3 Å². The van der Waals surface area contributed by atoms with Crippen molar-refractivity contribution in [2.75, 3.05) is 39.7 Å². The van der Waals surface area contributed by atoms with Gasteiger partial charge in [0.15, 0.2) is 0 Å². The lowest BCUT2D eigenvalue weighted by atomic mass is 10.0. The summed E-state index contributed by atoms with van der Waals surface area (Å²) >= 11 is 0. The molecule has 6 rings (SSSR count). The Morgan fingerprint density at radius 1 is 0.885 bits per heavy atom. The highest BCUT2D eigenvalue weighted by Crippen LogP contribution is 2.40. The van der Waals surface area contributed by atoms with Crippen LogP contribution in [0.15, 0.2) is 36.7 Å². The van der Waals surface area contributed by atoms with Gasteiger partial charge in [-0.05, 0) is 101 Å². The van der Waals surface area contributed by atoms with Crippen molar-refractivity contribution in [2.24, 2.45) is 11.8 Å². The van der Waals surface area contributed by atoms with Crippen LogP contribution in [-0.4, -0.2) is 51.7 Å². The Balaban J connectivity index is 1.47. The first-order valence-corrected chi connectivity index (χ1v) is 17.6. The van der Waals surface area contributed by atoms with Crippen LogP contribution in [0.5, 0.6) is 0 Å². The largest absolute Gasteiger partial charge is 0.416 e. The Labute approximate surface area is 299 Å². The second-order valence-electron chi connectivity index (χ2n) is 15.3. The zero-order valence-electron chi connectivity index (χ0n) is 29.8. The normalized spacial score (nSPS) is 16.7. The summed E-state index contributed by atoms with van der Waals surface area (Å²) in [5.74, 6) is 2.10. The van der Waals surface area contributed by atoms with E-state index >= 15 is 0 Å². The third-order valence-electron chi connectivity index (χ3n) is 9.30. The number of nitrogens with one attached hydrogen (secondary N) is 2. The van der Waals surface area contributed by atoms with Crippen LogP contribution in [0.4, 0.5) is 49.6 Å². The van der Waals surface area contributed by atoms with Gasteiger partial charge in [-0.1, -0.05) is 0 Å². The van der Waals surface area contributed by atoms with Crippen LogP contribution in [0.1, 0.15) is 94.0 Å². The fourth-order valence-electron chi connectivity index (χ4n) is 6.42. The number of alkyl halides is 6. The van der Waals surface area contributed by atoms with E-state index in [1.165, 1.54) is 17.3 Å². The molecule has 2 N–H and O–H groups in total. The molecule has 3 fully saturated rings. The van der Waals surface area contributed by atoms with Crippen molar-refractivity contribution in [3.63, 3.8) is 0 Å². The molecule has 1 amide bonds. The number of hydrogen-bond donors (Lipinski definition) is 2. The monoisotopic (exact) mass is 730 g/mol. The van der Waals surface area contributed by atoms with E-state index in [0.29, 0.717) is 71.8 Å². The number of rotatable bonds is 13. The fourth-order valence-corrected chi connectivity index (χ4v) is 6.42. The highest BCUT2D eigenvalue weighted by Gasteiger charge is 2.38. The summed E-state index contributed by atoms with van der Waals surface area (Å²) in [6.45, 7) is 9.16. The van der Waals surface area contributed by atoms with E-state index < -0.39 is 35.6 Å². The summed E-state index contributed by atoms with van der Waals surface area (Å²) in [6, 6.07) is 3.38. The molecule has 2 aromatic heterocycles. The standard InChI is InChI=1S/C37H44F6N8O/c1-22(44)30-14-26(33(47-32(30)48-35(2,3)4)49(18-23-7-8-23)19-24-9-10-24)21-50(34-45-16-29(17-46-34)51-11-5-6-31(51)52)20-25-12-27(36(38,39)40)15-28(13-25)37(41,42)43/h12-17,23-24,44H,5-11,18-21H2,1-4H3,(H,47,48). The number of carbonyl (C=O) groups excluding carboxylic acids is 1. The maximum absolute atomic E-state index is 13.9. The summed E-state index contributed by atoms with van der Waals surface area (Å²) in [4.78, 5) is 31.8. The van der Waals surface area contributed by atoms with Crippen molar-refractivity contribution in [1.82, 2.24) is 15.0 Å². The average Bonchev–Trinajstić information content (AvgIpc) is 3.99. The third-order valence-corrected chi connectivity index (χ3v) is 9.30. The lowest BCUT2D eigenvalue weighted by Gasteiger charge is -2.32. The number of amides is 1. The molecule has 3 heterocycles. The molecular weight excluding hydrogens is 686 g/mol. The van der Waals surface area contributed by atoms with Crippen molar-refractivity contribution in [3.8, 4) is 0 Å². The maximum atomic E-state index is 13.9. The minimum Gasteiger partial charge on any atom is -0.365 e. The summed E-state index contributed by atoms with van der Waals surface area (Å²) < 4.78 is 83.6. The average molecular weight is 731 g/mol. The van der Waals surface area contributed by atoms with Crippen molar-refractivity contribution in [1.29, 1.82) is 5.41 Å². The smallest absolute Gasteiger partial charge is 0.365 e. The molecule has 52 heavy (non-hydrogen) atoms. The fraction of sp³-hybridized carbons (Fsp3) is 0.541. The van der Waals surface area contributed by atoms with E-state index in [2.05, 4.69) is 20.2 Å². The number of nitrogens with zero attached hydrogens (tertiary/aromatic N) is 6. The minimum atomic E-state index is -5.02. The van der Waals surface area contributed by atoms with E-state index in [-0.39, 0.29) is 35.7 Å². The van der Waals surface area contributed by atoms with Gasteiger partial charge in [0.2, 0.25) is 11.9 Å². The van der Waals surface area contributed by atoms with E-state index in [0.717, 1.165) is 38.8 Å².